The second kappa shape index (κ2) is 6.33. The number of halogens is 1. The zero-order valence-corrected chi connectivity index (χ0v) is 14.8. The number of carbonyl (C=O) groups is 2. The molecule has 2 aliphatic rings. The first-order valence-corrected chi connectivity index (χ1v) is 9.08. The average Bonchev–Trinajstić information content (AvgIpc) is 3.27. The van der Waals surface area contributed by atoms with Crippen molar-refractivity contribution in [2.24, 2.45) is 11.8 Å². The zero-order chi connectivity index (χ0) is 17.6. The molecule has 1 amide bonds. The lowest BCUT2D eigenvalue weighted by atomic mass is 9.94. The van der Waals surface area contributed by atoms with E-state index in [1.807, 2.05) is 0 Å². The Morgan fingerprint density at radius 1 is 1.36 bits per heavy atom. The Labute approximate surface area is 150 Å². The molecule has 0 aromatic carbocycles. The number of amides is 1. The molecule has 0 unspecified atom stereocenters. The summed E-state index contributed by atoms with van der Waals surface area (Å²) in [5.41, 5.74) is 1.08. The summed E-state index contributed by atoms with van der Waals surface area (Å²) in [7, 11) is 0. The monoisotopic (exact) mass is 361 g/mol. The van der Waals surface area contributed by atoms with Crippen LogP contribution in [0.1, 0.15) is 36.7 Å². The first-order chi connectivity index (χ1) is 12.1. The van der Waals surface area contributed by atoms with E-state index < -0.39 is 6.04 Å². The third-order valence-electron chi connectivity index (χ3n) is 5.37. The number of fused-ring (bicyclic) bond motifs is 2. The van der Waals surface area contributed by atoms with Gasteiger partial charge in [0, 0.05) is 12.7 Å². The topological polar surface area (TPSA) is 63.9 Å². The fourth-order valence-corrected chi connectivity index (χ4v) is 4.46. The van der Waals surface area contributed by atoms with Crippen LogP contribution in [0.3, 0.4) is 0 Å². The van der Waals surface area contributed by atoms with E-state index in [0.29, 0.717) is 35.4 Å². The molecule has 3 atom stereocenters. The zero-order valence-electron chi connectivity index (χ0n) is 14.0. The van der Waals surface area contributed by atoms with Crippen LogP contribution in [0.5, 0.6) is 0 Å². The molecule has 1 aliphatic carbocycles. The molecule has 0 bridgehead atoms. The molecule has 6 nitrogen and oxygen atoms in total. The highest BCUT2D eigenvalue weighted by Gasteiger charge is 2.50. The van der Waals surface area contributed by atoms with Gasteiger partial charge in [-0.2, -0.15) is 0 Å². The van der Waals surface area contributed by atoms with Crippen LogP contribution < -0.4 is 0 Å². The van der Waals surface area contributed by atoms with Crippen LogP contribution in [0.15, 0.2) is 24.5 Å². The molecule has 1 saturated heterocycles. The number of rotatable bonds is 3. The maximum Gasteiger partial charge on any atom is 0.329 e. The number of nitrogens with zero attached hydrogens (tertiary/aromatic N) is 3. The number of imidazole rings is 1. The first-order valence-electron chi connectivity index (χ1n) is 8.70. The van der Waals surface area contributed by atoms with Gasteiger partial charge in [-0.15, -0.1) is 0 Å². The van der Waals surface area contributed by atoms with Crippen molar-refractivity contribution in [1.82, 2.24) is 14.3 Å². The predicted octanol–water partition coefficient (Wildman–Crippen LogP) is 2.79. The predicted molar refractivity (Wildman–Crippen MR) is 92.5 cm³/mol. The standard InChI is InChI=1S/C18H20ClN3O3/c1-2-25-18(24)16-13-5-3-4-11(13)9-22(16)17(23)14-8-20-15-7-6-12(19)10-21(14)15/h6-8,10-11,13,16H,2-5,9H2,1H3/t11-,13-,16-/m1/s1. The van der Waals surface area contributed by atoms with Crippen molar-refractivity contribution in [2.75, 3.05) is 13.2 Å². The fraction of sp³-hybridized carbons (Fsp3) is 0.500. The van der Waals surface area contributed by atoms with Gasteiger partial charge in [-0.05, 0) is 43.7 Å². The van der Waals surface area contributed by atoms with Gasteiger partial charge in [-0.3, -0.25) is 9.20 Å². The third kappa shape index (κ3) is 2.68. The molecule has 0 radical (unpaired) electrons. The molecule has 3 heterocycles. The minimum Gasteiger partial charge on any atom is -0.464 e. The Morgan fingerprint density at radius 3 is 3.00 bits per heavy atom. The molecule has 7 heteroatoms. The number of aromatic nitrogens is 2. The van der Waals surface area contributed by atoms with Crippen LogP contribution >= 0.6 is 11.6 Å². The summed E-state index contributed by atoms with van der Waals surface area (Å²) in [5.74, 6) is 0.0891. The van der Waals surface area contributed by atoms with Crippen LogP contribution in [-0.4, -0.2) is 45.4 Å². The molecule has 2 fully saturated rings. The van der Waals surface area contributed by atoms with Crippen molar-refractivity contribution >= 4 is 29.1 Å². The highest BCUT2D eigenvalue weighted by molar-refractivity contribution is 6.30. The van der Waals surface area contributed by atoms with Crippen LogP contribution in [0, 0.1) is 11.8 Å². The van der Waals surface area contributed by atoms with Gasteiger partial charge < -0.3 is 9.64 Å². The van der Waals surface area contributed by atoms with E-state index >= 15 is 0 Å². The quantitative estimate of drug-likeness (QED) is 0.788. The van der Waals surface area contributed by atoms with E-state index in [1.165, 1.54) is 0 Å². The molecule has 1 aliphatic heterocycles. The number of pyridine rings is 1. The van der Waals surface area contributed by atoms with Crippen LogP contribution in [-0.2, 0) is 9.53 Å². The third-order valence-corrected chi connectivity index (χ3v) is 5.59. The maximum atomic E-state index is 13.2. The largest absolute Gasteiger partial charge is 0.464 e. The molecule has 1 saturated carbocycles. The van der Waals surface area contributed by atoms with Crippen molar-refractivity contribution in [3.05, 3.63) is 35.2 Å². The molecule has 0 spiro atoms. The Bertz CT molecular complexity index is 834. The van der Waals surface area contributed by atoms with E-state index in [4.69, 9.17) is 16.3 Å². The number of esters is 1. The van der Waals surface area contributed by atoms with Gasteiger partial charge in [-0.1, -0.05) is 18.0 Å². The van der Waals surface area contributed by atoms with Crippen LogP contribution in [0.2, 0.25) is 5.02 Å². The molecule has 0 N–H and O–H groups in total. The summed E-state index contributed by atoms with van der Waals surface area (Å²) in [5, 5.41) is 0.528. The van der Waals surface area contributed by atoms with Crippen molar-refractivity contribution in [3.63, 3.8) is 0 Å². The lowest BCUT2D eigenvalue weighted by Crippen LogP contribution is -2.44. The van der Waals surface area contributed by atoms with Gasteiger partial charge in [0.05, 0.1) is 17.8 Å². The number of hydrogen-bond acceptors (Lipinski definition) is 4. The molecule has 2 aromatic heterocycles. The number of carbonyl (C=O) groups excluding carboxylic acids is 2. The van der Waals surface area contributed by atoms with Gasteiger partial charge in [0.2, 0.25) is 0 Å². The van der Waals surface area contributed by atoms with Crippen LogP contribution in [0.25, 0.3) is 5.65 Å². The molecule has 132 valence electrons. The van der Waals surface area contributed by atoms with Gasteiger partial charge >= 0.3 is 5.97 Å². The van der Waals surface area contributed by atoms with E-state index in [2.05, 4.69) is 4.98 Å². The normalized spacial score (nSPS) is 25.4. The molecular formula is C18H20ClN3O3. The second-order valence-electron chi connectivity index (χ2n) is 6.73. The number of likely N-dealkylation sites (tertiary alicyclic amines) is 1. The number of hydrogen-bond donors (Lipinski definition) is 0. The van der Waals surface area contributed by atoms with Crippen LogP contribution in [0.4, 0.5) is 0 Å². The lowest BCUT2D eigenvalue weighted by Gasteiger charge is -2.25. The van der Waals surface area contributed by atoms with Crippen molar-refractivity contribution < 1.29 is 14.3 Å². The Morgan fingerprint density at radius 2 is 2.20 bits per heavy atom. The minimum atomic E-state index is -0.496. The van der Waals surface area contributed by atoms with E-state index in [-0.39, 0.29) is 17.8 Å². The minimum absolute atomic E-state index is 0.192. The Balaban J connectivity index is 1.69. The van der Waals surface area contributed by atoms with E-state index in [1.54, 1.807) is 40.8 Å². The molecule has 2 aromatic rings. The summed E-state index contributed by atoms with van der Waals surface area (Å²) < 4.78 is 6.94. The Hall–Kier alpha value is -2.08. The Kier molecular flexibility index (Phi) is 4.15. The van der Waals surface area contributed by atoms with Crippen molar-refractivity contribution in [1.29, 1.82) is 0 Å². The first kappa shape index (κ1) is 16.4. The summed E-state index contributed by atoms with van der Waals surface area (Å²) >= 11 is 6.06. The summed E-state index contributed by atoms with van der Waals surface area (Å²) in [6.45, 7) is 2.71. The second-order valence-corrected chi connectivity index (χ2v) is 7.16. The average molecular weight is 362 g/mol. The smallest absolute Gasteiger partial charge is 0.329 e. The van der Waals surface area contributed by atoms with Gasteiger partial charge in [0.25, 0.3) is 5.91 Å². The van der Waals surface area contributed by atoms with E-state index in [9.17, 15) is 9.59 Å². The maximum absolute atomic E-state index is 13.2. The van der Waals surface area contributed by atoms with Crippen molar-refractivity contribution in [2.45, 2.75) is 32.2 Å². The molecular weight excluding hydrogens is 342 g/mol. The van der Waals surface area contributed by atoms with Gasteiger partial charge in [-0.25, -0.2) is 9.78 Å². The molecule has 25 heavy (non-hydrogen) atoms. The van der Waals surface area contributed by atoms with Crippen molar-refractivity contribution in [3.8, 4) is 0 Å². The lowest BCUT2D eigenvalue weighted by molar-refractivity contribution is -0.149. The SMILES string of the molecule is CCOC(=O)[C@H]1[C@@H]2CCC[C@@H]2CN1C(=O)c1cnc2ccc(Cl)cn12. The fourth-order valence-electron chi connectivity index (χ4n) is 4.30. The summed E-state index contributed by atoms with van der Waals surface area (Å²) in [6.07, 6.45) is 6.36. The van der Waals surface area contributed by atoms with Gasteiger partial charge in [0.1, 0.15) is 17.4 Å². The van der Waals surface area contributed by atoms with E-state index in [0.717, 1.165) is 19.3 Å². The summed E-state index contributed by atoms with van der Waals surface area (Å²) in [6, 6.07) is 3.00. The summed E-state index contributed by atoms with van der Waals surface area (Å²) in [4.78, 5) is 31.7. The van der Waals surface area contributed by atoms with Gasteiger partial charge in [0.15, 0.2) is 0 Å². The highest BCUT2D eigenvalue weighted by Crippen LogP contribution is 2.43. The number of ether oxygens (including phenoxy) is 1. The molecule has 4 rings (SSSR count). The highest BCUT2D eigenvalue weighted by atomic mass is 35.5.